The molecule has 0 fully saturated rings. The summed E-state index contributed by atoms with van der Waals surface area (Å²) in [5.74, 6) is -1.26. The molecule has 0 aliphatic rings. The Morgan fingerprint density at radius 2 is 2.07 bits per heavy atom. The van der Waals surface area contributed by atoms with E-state index in [-0.39, 0.29) is 5.56 Å². The maximum absolute atomic E-state index is 13.0. The van der Waals surface area contributed by atoms with Gasteiger partial charge in [0.05, 0.1) is 0 Å². The summed E-state index contributed by atoms with van der Waals surface area (Å²) in [6.07, 6.45) is 1.42. The van der Waals surface area contributed by atoms with E-state index in [1.807, 2.05) is 0 Å². The second kappa shape index (κ2) is 5.05. The average Bonchev–Trinajstić information content (AvgIpc) is 2.11. The Labute approximate surface area is 87.3 Å². The molecule has 0 saturated heterocycles. The highest BCUT2D eigenvalue weighted by Gasteiger charge is 2.12. The van der Waals surface area contributed by atoms with Crippen molar-refractivity contribution in [2.75, 3.05) is 0 Å². The van der Waals surface area contributed by atoms with Crippen LogP contribution in [0, 0.1) is 5.82 Å². The van der Waals surface area contributed by atoms with Crippen LogP contribution in [0.2, 0.25) is 0 Å². The van der Waals surface area contributed by atoms with Gasteiger partial charge < -0.3 is 4.74 Å². The monoisotopic (exact) mass is 266 g/mol. The molecule has 0 radical (unpaired) electrons. The Balaban J connectivity index is 3.08. The van der Waals surface area contributed by atoms with Crippen molar-refractivity contribution in [2.24, 2.45) is 0 Å². The molecule has 0 saturated carbocycles. The summed E-state index contributed by atoms with van der Waals surface area (Å²) < 4.78 is 40.9. The first-order chi connectivity index (χ1) is 6.65. The summed E-state index contributed by atoms with van der Waals surface area (Å²) in [5, 5.41) is 0. The lowest BCUT2D eigenvalue weighted by molar-refractivity contribution is -0.0523. The van der Waals surface area contributed by atoms with Crippen LogP contribution >= 0.6 is 15.9 Å². The van der Waals surface area contributed by atoms with Gasteiger partial charge in [0.1, 0.15) is 0 Å². The molecule has 76 valence electrons. The summed E-state index contributed by atoms with van der Waals surface area (Å²) >= 11 is 2.96. The molecule has 0 spiro atoms. The molecule has 14 heavy (non-hydrogen) atoms. The van der Waals surface area contributed by atoms with Crippen LogP contribution in [0.1, 0.15) is 5.56 Å². The van der Waals surface area contributed by atoms with Crippen LogP contribution in [-0.2, 0) is 0 Å². The summed E-state index contributed by atoms with van der Waals surface area (Å²) in [7, 11) is 0. The highest BCUT2D eigenvalue weighted by Crippen LogP contribution is 2.25. The molecule has 0 amide bonds. The SMILES string of the molecule is Fc1cccc(/C=C/Br)c1OC(F)F. The second-order valence-electron chi connectivity index (χ2n) is 2.33. The van der Waals surface area contributed by atoms with Crippen molar-refractivity contribution < 1.29 is 17.9 Å². The lowest BCUT2D eigenvalue weighted by Crippen LogP contribution is -2.05. The number of para-hydroxylation sites is 1. The molecule has 0 unspecified atom stereocenters. The number of alkyl halides is 2. The van der Waals surface area contributed by atoms with Crippen molar-refractivity contribution in [2.45, 2.75) is 6.61 Å². The summed E-state index contributed by atoms with van der Waals surface area (Å²) in [6, 6.07) is 3.94. The predicted octanol–water partition coefficient (Wildman–Crippen LogP) is 3.79. The minimum atomic E-state index is -3.03. The quantitative estimate of drug-likeness (QED) is 0.809. The number of benzene rings is 1. The van der Waals surface area contributed by atoms with E-state index in [0.717, 1.165) is 6.07 Å². The van der Waals surface area contributed by atoms with Gasteiger partial charge in [0.15, 0.2) is 11.6 Å². The number of hydrogen-bond acceptors (Lipinski definition) is 1. The molecule has 0 N–H and O–H groups in total. The molecule has 0 heterocycles. The highest BCUT2D eigenvalue weighted by molar-refractivity contribution is 9.11. The Bertz CT molecular complexity index is 339. The molecule has 1 aromatic carbocycles. The van der Waals surface area contributed by atoms with Crippen LogP contribution in [0.5, 0.6) is 5.75 Å². The molecule has 0 bridgehead atoms. The molecule has 1 aromatic rings. The zero-order chi connectivity index (χ0) is 10.6. The van der Waals surface area contributed by atoms with E-state index in [4.69, 9.17) is 0 Å². The maximum Gasteiger partial charge on any atom is 0.387 e. The van der Waals surface area contributed by atoms with Gasteiger partial charge in [-0.25, -0.2) is 4.39 Å². The first-order valence-electron chi connectivity index (χ1n) is 3.65. The van der Waals surface area contributed by atoms with Crippen molar-refractivity contribution in [3.8, 4) is 5.75 Å². The standard InChI is InChI=1S/C9H6BrF3O/c10-5-4-6-2-1-3-7(11)8(6)14-9(12)13/h1-5,9H/b5-4+. The van der Waals surface area contributed by atoms with E-state index in [9.17, 15) is 13.2 Å². The van der Waals surface area contributed by atoms with E-state index < -0.39 is 18.2 Å². The fraction of sp³-hybridized carbons (Fsp3) is 0.111. The van der Waals surface area contributed by atoms with Crippen molar-refractivity contribution in [3.63, 3.8) is 0 Å². The molecule has 1 rings (SSSR count). The molecule has 0 atom stereocenters. The van der Waals surface area contributed by atoms with E-state index in [0.29, 0.717) is 0 Å². The normalized spacial score (nSPS) is 11.2. The van der Waals surface area contributed by atoms with Gasteiger partial charge in [-0.1, -0.05) is 28.1 Å². The Hall–Kier alpha value is -0.970. The molecular weight excluding hydrogens is 261 g/mol. The van der Waals surface area contributed by atoms with Crippen LogP contribution in [0.3, 0.4) is 0 Å². The summed E-state index contributed by atoms with van der Waals surface area (Å²) in [4.78, 5) is 1.43. The first-order valence-corrected chi connectivity index (χ1v) is 4.57. The van der Waals surface area contributed by atoms with Crippen molar-refractivity contribution >= 4 is 22.0 Å². The minimum Gasteiger partial charge on any atom is -0.431 e. The lowest BCUT2D eigenvalue weighted by atomic mass is 10.2. The molecule has 0 aliphatic heterocycles. The largest absolute Gasteiger partial charge is 0.431 e. The van der Waals surface area contributed by atoms with Gasteiger partial charge in [-0.2, -0.15) is 8.78 Å². The first kappa shape index (κ1) is 11.1. The molecule has 1 nitrogen and oxygen atoms in total. The van der Waals surface area contributed by atoms with Crippen LogP contribution in [0.15, 0.2) is 23.2 Å². The van der Waals surface area contributed by atoms with Gasteiger partial charge in [-0.15, -0.1) is 0 Å². The zero-order valence-electron chi connectivity index (χ0n) is 6.88. The fourth-order valence-corrected chi connectivity index (χ4v) is 1.22. The maximum atomic E-state index is 13.0. The van der Waals surface area contributed by atoms with Gasteiger partial charge in [-0.05, 0) is 17.1 Å². The lowest BCUT2D eigenvalue weighted by Gasteiger charge is -2.08. The van der Waals surface area contributed by atoms with E-state index >= 15 is 0 Å². The molecule has 0 aromatic heterocycles. The zero-order valence-corrected chi connectivity index (χ0v) is 8.47. The van der Waals surface area contributed by atoms with Gasteiger partial charge in [0, 0.05) is 5.56 Å². The average molecular weight is 267 g/mol. The van der Waals surface area contributed by atoms with Crippen LogP contribution in [-0.4, -0.2) is 6.61 Å². The fourth-order valence-electron chi connectivity index (χ4n) is 0.938. The van der Waals surface area contributed by atoms with Crippen LogP contribution in [0.25, 0.3) is 6.08 Å². The number of ether oxygens (including phenoxy) is 1. The molecule has 0 aliphatic carbocycles. The molecule has 5 heteroatoms. The smallest absolute Gasteiger partial charge is 0.387 e. The van der Waals surface area contributed by atoms with Crippen LogP contribution in [0.4, 0.5) is 13.2 Å². The van der Waals surface area contributed by atoms with E-state index in [1.54, 1.807) is 0 Å². The summed E-state index contributed by atoms with van der Waals surface area (Å²) in [5.41, 5.74) is 0.252. The van der Waals surface area contributed by atoms with E-state index in [2.05, 4.69) is 20.7 Å². The third-order valence-electron chi connectivity index (χ3n) is 1.45. The van der Waals surface area contributed by atoms with Gasteiger partial charge in [0.25, 0.3) is 0 Å². The topological polar surface area (TPSA) is 9.23 Å². The number of halogens is 4. The third kappa shape index (κ3) is 2.77. The van der Waals surface area contributed by atoms with Crippen molar-refractivity contribution in [1.82, 2.24) is 0 Å². The van der Waals surface area contributed by atoms with Crippen molar-refractivity contribution in [1.29, 1.82) is 0 Å². The molecular formula is C9H6BrF3O. The Kier molecular flexibility index (Phi) is 4.00. The summed E-state index contributed by atoms with van der Waals surface area (Å²) in [6.45, 7) is -3.03. The van der Waals surface area contributed by atoms with Gasteiger partial charge >= 0.3 is 6.61 Å². The minimum absolute atomic E-state index is 0.252. The number of hydrogen-bond donors (Lipinski definition) is 0. The van der Waals surface area contributed by atoms with Crippen LogP contribution < -0.4 is 4.74 Å². The Morgan fingerprint density at radius 1 is 1.36 bits per heavy atom. The predicted molar refractivity (Wildman–Crippen MR) is 51.0 cm³/mol. The van der Waals surface area contributed by atoms with Gasteiger partial charge in [0.2, 0.25) is 0 Å². The Morgan fingerprint density at radius 3 is 2.64 bits per heavy atom. The second-order valence-corrected chi connectivity index (χ2v) is 2.86. The third-order valence-corrected chi connectivity index (χ3v) is 1.71. The highest BCUT2D eigenvalue weighted by atomic mass is 79.9. The van der Waals surface area contributed by atoms with Gasteiger partial charge in [-0.3, -0.25) is 0 Å². The van der Waals surface area contributed by atoms with Crippen molar-refractivity contribution in [3.05, 3.63) is 34.6 Å². The van der Waals surface area contributed by atoms with E-state index in [1.165, 1.54) is 23.2 Å². The number of rotatable bonds is 3.